The second kappa shape index (κ2) is 6.59. The predicted octanol–water partition coefficient (Wildman–Crippen LogP) is 2.46. The number of aliphatic hydroxyl groups is 1. The molecule has 4 nitrogen and oxygen atoms in total. The molecule has 0 saturated carbocycles. The van der Waals surface area contributed by atoms with Crippen LogP contribution in [0.1, 0.15) is 31.4 Å². The van der Waals surface area contributed by atoms with Crippen molar-refractivity contribution in [3.63, 3.8) is 0 Å². The molecule has 0 bridgehead atoms. The summed E-state index contributed by atoms with van der Waals surface area (Å²) in [7, 11) is 1.69. The van der Waals surface area contributed by atoms with Crippen LogP contribution in [0.25, 0.3) is 0 Å². The third-order valence-corrected chi connectivity index (χ3v) is 4.39. The van der Waals surface area contributed by atoms with Gasteiger partial charge in [0.25, 0.3) is 0 Å². The summed E-state index contributed by atoms with van der Waals surface area (Å²) in [6, 6.07) is 5.94. The van der Waals surface area contributed by atoms with Crippen LogP contribution in [-0.2, 0) is 4.79 Å². The second-order valence-corrected chi connectivity index (χ2v) is 6.17. The molecule has 110 valence electrons. The van der Waals surface area contributed by atoms with E-state index in [0.29, 0.717) is 0 Å². The molecule has 1 heterocycles. The Labute approximate surface area is 128 Å². The van der Waals surface area contributed by atoms with E-state index >= 15 is 0 Å². The maximum Gasteiger partial charge on any atom is 0.222 e. The summed E-state index contributed by atoms with van der Waals surface area (Å²) in [5.41, 5.74) is 2.00. The number of amides is 1. The zero-order valence-electron chi connectivity index (χ0n) is 11.9. The number of piperidine rings is 1. The molecule has 1 atom stereocenters. The normalized spacial score (nSPS) is 17.9. The Morgan fingerprint density at radius 2 is 2.10 bits per heavy atom. The average molecular weight is 341 g/mol. The van der Waals surface area contributed by atoms with E-state index in [4.69, 9.17) is 0 Å². The summed E-state index contributed by atoms with van der Waals surface area (Å²) >= 11 is 3.49. The van der Waals surface area contributed by atoms with Gasteiger partial charge in [-0.25, -0.2) is 0 Å². The highest BCUT2D eigenvalue weighted by Gasteiger charge is 2.25. The highest BCUT2D eigenvalue weighted by Crippen LogP contribution is 2.32. The molecule has 0 spiro atoms. The molecular formula is C15H21BrN2O2. The van der Waals surface area contributed by atoms with Crippen LogP contribution in [0.3, 0.4) is 0 Å². The Balaban J connectivity index is 2.14. The van der Waals surface area contributed by atoms with E-state index in [-0.39, 0.29) is 11.8 Å². The Bertz CT molecular complexity index is 483. The Hall–Kier alpha value is -1.07. The molecule has 1 amide bonds. The Morgan fingerprint density at radius 1 is 1.45 bits per heavy atom. The number of halogens is 1. The minimum absolute atomic E-state index is 0.110. The van der Waals surface area contributed by atoms with Crippen LogP contribution in [0, 0.1) is 5.92 Å². The highest BCUT2D eigenvalue weighted by molar-refractivity contribution is 9.10. The van der Waals surface area contributed by atoms with Crippen molar-refractivity contribution >= 4 is 27.5 Å². The third-order valence-electron chi connectivity index (χ3n) is 3.90. The molecule has 20 heavy (non-hydrogen) atoms. The van der Waals surface area contributed by atoms with E-state index in [1.54, 1.807) is 14.0 Å². The molecule has 1 unspecified atom stereocenters. The zero-order chi connectivity index (χ0) is 14.7. The van der Waals surface area contributed by atoms with E-state index in [1.165, 1.54) is 0 Å². The number of hydrogen-bond donors (Lipinski definition) is 2. The van der Waals surface area contributed by atoms with Crippen LogP contribution < -0.4 is 10.2 Å². The molecule has 2 rings (SSSR count). The molecular weight excluding hydrogens is 320 g/mol. The molecule has 2 N–H and O–H groups in total. The Morgan fingerprint density at radius 3 is 2.65 bits per heavy atom. The van der Waals surface area contributed by atoms with Crippen molar-refractivity contribution in [1.29, 1.82) is 0 Å². The van der Waals surface area contributed by atoms with Gasteiger partial charge >= 0.3 is 0 Å². The first-order valence-electron chi connectivity index (χ1n) is 6.97. The number of rotatable bonds is 3. The van der Waals surface area contributed by atoms with Crippen molar-refractivity contribution in [2.24, 2.45) is 5.92 Å². The number of hydrogen-bond acceptors (Lipinski definition) is 3. The summed E-state index contributed by atoms with van der Waals surface area (Å²) < 4.78 is 1.00. The summed E-state index contributed by atoms with van der Waals surface area (Å²) in [5.74, 6) is 0.244. The standard InChI is InChI=1S/C15H21BrN2O2/c1-10(19)13-4-3-12(16)9-14(13)18-7-5-11(6-8-18)15(20)17-2/h3-4,9-11,19H,5-8H2,1-2H3,(H,17,20). The Kier molecular flexibility index (Phi) is 5.05. The van der Waals surface area contributed by atoms with Gasteiger partial charge in [-0.2, -0.15) is 0 Å². The van der Waals surface area contributed by atoms with Crippen LogP contribution >= 0.6 is 15.9 Å². The fourth-order valence-electron chi connectivity index (χ4n) is 2.73. The minimum atomic E-state index is -0.491. The van der Waals surface area contributed by atoms with Gasteiger partial charge in [-0.05, 0) is 31.9 Å². The second-order valence-electron chi connectivity index (χ2n) is 5.25. The van der Waals surface area contributed by atoms with Crippen molar-refractivity contribution in [2.45, 2.75) is 25.9 Å². The fraction of sp³-hybridized carbons (Fsp3) is 0.533. The van der Waals surface area contributed by atoms with Crippen LogP contribution in [0.5, 0.6) is 0 Å². The summed E-state index contributed by atoms with van der Waals surface area (Å²) in [4.78, 5) is 13.9. The lowest BCUT2D eigenvalue weighted by molar-refractivity contribution is -0.125. The van der Waals surface area contributed by atoms with Gasteiger partial charge in [-0.15, -0.1) is 0 Å². The molecule has 1 aromatic carbocycles. The first-order valence-corrected chi connectivity index (χ1v) is 7.76. The van der Waals surface area contributed by atoms with E-state index in [9.17, 15) is 9.90 Å². The van der Waals surface area contributed by atoms with Crippen molar-refractivity contribution in [2.75, 3.05) is 25.0 Å². The van der Waals surface area contributed by atoms with E-state index in [2.05, 4.69) is 26.1 Å². The first-order chi connectivity index (χ1) is 9.52. The van der Waals surface area contributed by atoms with E-state index in [0.717, 1.165) is 41.7 Å². The van der Waals surface area contributed by atoms with Gasteiger partial charge in [0, 0.05) is 41.8 Å². The number of carbonyl (C=O) groups excluding carboxylic acids is 1. The quantitative estimate of drug-likeness (QED) is 0.888. The maximum absolute atomic E-state index is 11.7. The lowest BCUT2D eigenvalue weighted by atomic mass is 9.94. The molecule has 0 radical (unpaired) electrons. The molecule has 1 aromatic rings. The maximum atomic E-state index is 11.7. The average Bonchev–Trinajstić information content (AvgIpc) is 2.46. The van der Waals surface area contributed by atoms with E-state index < -0.39 is 6.10 Å². The van der Waals surface area contributed by atoms with Crippen LogP contribution in [-0.4, -0.2) is 31.2 Å². The van der Waals surface area contributed by atoms with Gasteiger partial charge in [0.05, 0.1) is 6.10 Å². The summed E-state index contributed by atoms with van der Waals surface area (Å²) in [6.07, 6.45) is 1.21. The number of benzene rings is 1. The molecule has 1 saturated heterocycles. The van der Waals surface area contributed by atoms with Gasteiger partial charge in [0.15, 0.2) is 0 Å². The van der Waals surface area contributed by atoms with Gasteiger partial charge in [-0.1, -0.05) is 22.0 Å². The van der Waals surface area contributed by atoms with Crippen molar-refractivity contribution < 1.29 is 9.90 Å². The van der Waals surface area contributed by atoms with Crippen molar-refractivity contribution in [3.8, 4) is 0 Å². The largest absolute Gasteiger partial charge is 0.389 e. The third kappa shape index (κ3) is 3.33. The predicted molar refractivity (Wildman–Crippen MR) is 83.8 cm³/mol. The van der Waals surface area contributed by atoms with Crippen molar-refractivity contribution in [3.05, 3.63) is 28.2 Å². The SMILES string of the molecule is CNC(=O)C1CCN(c2cc(Br)ccc2C(C)O)CC1. The number of anilines is 1. The molecule has 0 aliphatic carbocycles. The number of nitrogens with one attached hydrogen (secondary N) is 1. The first kappa shape index (κ1) is 15.3. The van der Waals surface area contributed by atoms with Gasteiger partial charge < -0.3 is 15.3 Å². The van der Waals surface area contributed by atoms with Crippen molar-refractivity contribution in [1.82, 2.24) is 5.32 Å². The lowest BCUT2D eigenvalue weighted by Crippen LogP contribution is -2.40. The van der Waals surface area contributed by atoms with Gasteiger partial charge in [0.1, 0.15) is 0 Å². The topological polar surface area (TPSA) is 52.6 Å². The molecule has 1 fully saturated rings. The fourth-order valence-corrected chi connectivity index (χ4v) is 3.08. The monoisotopic (exact) mass is 340 g/mol. The summed E-state index contributed by atoms with van der Waals surface area (Å²) in [5, 5.41) is 12.6. The number of aliphatic hydroxyl groups excluding tert-OH is 1. The van der Waals surface area contributed by atoms with Crippen LogP contribution in [0.2, 0.25) is 0 Å². The number of nitrogens with zero attached hydrogens (tertiary/aromatic N) is 1. The van der Waals surface area contributed by atoms with Crippen LogP contribution in [0.4, 0.5) is 5.69 Å². The molecule has 1 aliphatic heterocycles. The molecule has 5 heteroatoms. The zero-order valence-corrected chi connectivity index (χ0v) is 13.5. The highest BCUT2D eigenvalue weighted by atomic mass is 79.9. The lowest BCUT2D eigenvalue weighted by Gasteiger charge is -2.34. The van der Waals surface area contributed by atoms with Gasteiger partial charge in [-0.3, -0.25) is 4.79 Å². The van der Waals surface area contributed by atoms with Crippen LogP contribution in [0.15, 0.2) is 22.7 Å². The minimum Gasteiger partial charge on any atom is -0.389 e. The smallest absolute Gasteiger partial charge is 0.222 e. The van der Waals surface area contributed by atoms with Gasteiger partial charge in [0.2, 0.25) is 5.91 Å². The number of carbonyl (C=O) groups is 1. The van der Waals surface area contributed by atoms with E-state index in [1.807, 2.05) is 18.2 Å². The molecule has 0 aromatic heterocycles. The molecule has 1 aliphatic rings. The summed E-state index contributed by atoms with van der Waals surface area (Å²) in [6.45, 7) is 3.46.